The second kappa shape index (κ2) is 6.72. The Balaban J connectivity index is 1.59. The van der Waals surface area contributed by atoms with E-state index in [-0.39, 0.29) is 5.91 Å². The van der Waals surface area contributed by atoms with Crippen LogP contribution in [0.25, 0.3) is 0 Å². The summed E-state index contributed by atoms with van der Waals surface area (Å²) in [5.74, 6) is 0.928. The van der Waals surface area contributed by atoms with Gasteiger partial charge in [0.1, 0.15) is 11.6 Å². The van der Waals surface area contributed by atoms with E-state index in [0.29, 0.717) is 17.1 Å². The lowest BCUT2D eigenvalue weighted by molar-refractivity contribution is 0.0341. The number of aromatic nitrogens is 1. The molecule has 0 atom stereocenters. The van der Waals surface area contributed by atoms with E-state index in [1.165, 1.54) is 6.26 Å². The van der Waals surface area contributed by atoms with Crippen molar-refractivity contribution in [1.82, 2.24) is 9.88 Å². The van der Waals surface area contributed by atoms with Gasteiger partial charge in [0.15, 0.2) is 0 Å². The maximum Gasteiger partial charge on any atom is 0.260 e. The van der Waals surface area contributed by atoms with Crippen molar-refractivity contribution >= 4 is 11.7 Å². The molecule has 2 aromatic rings. The zero-order valence-electron chi connectivity index (χ0n) is 12.5. The molecule has 1 saturated heterocycles. The Kier molecular flexibility index (Phi) is 4.50. The van der Waals surface area contributed by atoms with E-state index in [0.717, 1.165) is 38.4 Å². The normalized spacial score (nSPS) is 15.7. The van der Waals surface area contributed by atoms with E-state index < -0.39 is 0 Å². The number of hydrogen-bond acceptors (Lipinski definition) is 5. The first-order valence-electron chi connectivity index (χ1n) is 7.33. The van der Waals surface area contributed by atoms with Crippen molar-refractivity contribution < 1.29 is 13.9 Å². The molecule has 1 amide bonds. The number of hydrogen-bond donors (Lipinski definition) is 1. The lowest BCUT2D eigenvalue weighted by Crippen LogP contribution is -2.35. The monoisotopic (exact) mass is 301 g/mol. The quantitative estimate of drug-likeness (QED) is 0.936. The third-order valence-electron chi connectivity index (χ3n) is 3.68. The molecule has 1 fully saturated rings. The smallest absolute Gasteiger partial charge is 0.260 e. The fraction of sp³-hybridized carbons (Fsp3) is 0.375. The number of nitrogens with one attached hydrogen (secondary N) is 1. The summed E-state index contributed by atoms with van der Waals surface area (Å²) in [5, 5.41) is 2.77. The average Bonchev–Trinajstić information content (AvgIpc) is 2.96. The summed E-state index contributed by atoms with van der Waals surface area (Å²) in [6.07, 6.45) is 3.30. The largest absolute Gasteiger partial charge is 0.469 e. The second-order valence-electron chi connectivity index (χ2n) is 5.28. The predicted molar refractivity (Wildman–Crippen MR) is 81.7 cm³/mol. The van der Waals surface area contributed by atoms with Crippen LogP contribution >= 0.6 is 0 Å². The Morgan fingerprint density at radius 2 is 2.14 bits per heavy atom. The van der Waals surface area contributed by atoms with Crippen LogP contribution in [0.1, 0.15) is 21.7 Å². The highest BCUT2D eigenvalue weighted by atomic mass is 16.5. The molecule has 0 aromatic carbocycles. The summed E-state index contributed by atoms with van der Waals surface area (Å²) in [6.45, 7) is 6.06. The van der Waals surface area contributed by atoms with Crippen molar-refractivity contribution in [2.75, 3.05) is 31.6 Å². The van der Waals surface area contributed by atoms with Gasteiger partial charge in [-0.25, -0.2) is 4.98 Å². The Hall–Kier alpha value is -2.18. The van der Waals surface area contributed by atoms with Gasteiger partial charge in [-0.3, -0.25) is 9.69 Å². The Bertz CT molecular complexity index is 630. The molecule has 116 valence electrons. The summed E-state index contributed by atoms with van der Waals surface area (Å²) < 4.78 is 10.5. The summed E-state index contributed by atoms with van der Waals surface area (Å²) >= 11 is 0. The molecule has 0 saturated carbocycles. The van der Waals surface area contributed by atoms with Gasteiger partial charge in [0.25, 0.3) is 5.91 Å². The van der Waals surface area contributed by atoms with Gasteiger partial charge in [0.2, 0.25) is 0 Å². The number of aryl methyl sites for hydroxylation is 1. The zero-order valence-corrected chi connectivity index (χ0v) is 12.5. The van der Waals surface area contributed by atoms with E-state index in [9.17, 15) is 4.79 Å². The number of pyridine rings is 1. The van der Waals surface area contributed by atoms with Gasteiger partial charge in [0, 0.05) is 25.8 Å². The van der Waals surface area contributed by atoms with Crippen molar-refractivity contribution in [2.24, 2.45) is 0 Å². The van der Waals surface area contributed by atoms with Crippen LogP contribution in [0.3, 0.4) is 0 Å². The highest BCUT2D eigenvalue weighted by Gasteiger charge is 2.13. The van der Waals surface area contributed by atoms with Gasteiger partial charge in [0.05, 0.1) is 25.0 Å². The van der Waals surface area contributed by atoms with Crippen molar-refractivity contribution in [3.63, 3.8) is 0 Å². The van der Waals surface area contributed by atoms with Crippen LogP contribution in [0, 0.1) is 6.92 Å². The molecule has 0 radical (unpaired) electrons. The lowest BCUT2D eigenvalue weighted by atomic mass is 10.2. The number of carbonyl (C=O) groups is 1. The molecular formula is C16H19N3O3. The minimum absolute atomic E-state index is 0.209. The first-order valence-corrected chi connectivity index (χ1v) is 7.33. The number of anilines is 1. The van der Waals surface area contributed by atoms with Gasteiger partial charge in [-0.15, -0.1) is 0 Å². The molecule has 0 aliphatic carbocycles. The Morgan fingerprint density at radius 3 is 2.77 bits per heavy atom. The van der Waals surface area contributed by atoms with E-state index in [1.54, 1.807) is 19.2 Å². The molecule has 3 rings (SSSR count). The van der Waals surface area contributed by atoms with Crippen LogP contribution in [0.2, 0.25) is 0 Å². The highest BCUT2D eigenvalue weighted by Crippen LogP contribution is 2.13. The standard InChI is InChI=1S/C16H19N3O3/c1-12-14(4-7-22-12)16(20)18-15-3-2-13(10-17-15)11-19-5-8-21-9-6-19/h2-4,7,10H,5-6,8-9,11H2,1H3,(H,17,18,20). The Morgan fingerprint density at radius 1 is 1.32 bits per heavy atom. The third-order valence-corrected chi connectivity index (χ3v) is 3.68. The molecule has 0 spiro atoms. The van der Waals surface area contributed by atoms with Crippen molar-refractivity contribution in [2.45, 2.75) is 13.5 Å². The molecule has 0 unspecified atom stereocenters. The fourth-order valence-corrected chi connectivity index (χ4v) is 2.41. The third kappa shape index (κ3) is 3.52. The van der Waals surface area contributed by atoms with E-state index in [2.05, 4.69) is 15.2 Å². The van der Waals surface area contributed by atoms with E-state index in [4.69, 9.17) is 9.15 Å². The second-order valence-corrected chi connectivity index (χ2v) is 5.28. The number of ether oxygens (including phenoxy) is 1. The zero-order chi connectivity index (χ0) is 15.4. The van der Waals surface area contributed by atoms with Crippen LogP contribution < -0.4 is 5.32 Å². The number of amides is 1. The number of nitrogens with zero attached hydrogens (tertiary/aromatic N) is 2. The van der Waals surface area contributed by atoms with Crippen LogP contribution in [0.4, 0.5) is 5.82 Å². The minimum Gasteiger partial charge on any atom is -0.469 e. The maximum absolute atomic E-state index is 12.1. The van der Waals surface area contributed by atoms with Crippen LogP contribution in [0.5, 0.6) is 0 Å². The SMILES string of the molecule is Cc1occc1C(=O)Nc1ccc(CN2CCOCC2)cn1. The number of morpholine rings is 1. The first kappa shape index (κ1) is 14.7. The molecule has 6 heteroatoms. The Labute approximate surface area is 129 Å². The van der Waals surface area contributed by atoms with Crippen molar-refractivity contribution in [3.8, 4) is 0 Å². The summed E-state index contributed by atoms with van der Waals surface area (Å²) in [4.78, 5) is 18.7. The van der Waals surface area contributed by atoms with Gasteiger partial charge in [-0.1, -0.05) is 6.07 Å². The number of furan rings is 1. The van der Waals surface area contributed by atoms with Gasteiger partial charge in [-0.05, 0) is 24.6 Å². The minimum atomic E-state index is -0.209. The molecule has 1 aliphatic rings. The van der Waals surface area contributed by atoms with Gasteiger partial charge >= 0.3 is 0 Å². The molecule has 0 bridgehead atoms. The topological polar surface area (TPSA) is 67.6 Å². The van der Waals surface area contributed by atoms with Crippen LogP contribution in [-0.4, -0.2) is 42.1 Å². The molecule has 1 N–H and O–H groups in total. The predicted octanol–water partition coefficient (Wildman–Crippen LogP) is 2.07. The van der Waals surface area contributed by atoms with Gasteiger partial charge in [-0.2, -0.15) is 0 Å². The van der Waals surface area contributed by atoms with Crippen LogP contribution in [-0.2, 0) is 11.3 Å². The molecule has 3 heterocycles. The fourth-order valence-electron chi connectivity index (χ4n) is 2.41. The molecule has 1 aliphatic heterocycles. The summed E-state index contributed by atoms with van der Waals surface area (Å²) in [7, 11) is 0. The summed E-state index contributed by atoms with van der Waals surface area (Å²) in [6, 6.07) is 5.46. The van der Waals surface area contributed by atoms with E-state index in [1.807, 2.05) is 12.1 Å². The molecular weight excluding hydrogens is 282 g/mol. The van der Waals surface area contributed by atoms with E-state index >= 15 is 0 Å². The summed E-state index contributed by atoms with van der Waals surface area (Å²) in [5.41, 5.74) is 1.65. The molecule has 6 nitrogen and oxygen atoms in total. The van der Waals surface area contributed by atoms with Crippen molar-refractivity contribution in [3.05, 3.63) is 47.5 Å². The molecule has 22 heavy (non-hydrogen) atoms. The lowest BCUT2D eigenvalue weighted by Gasteiger charge is -2.26. The van der Waals surface area contributed by atoms with Crippen molar-refractivity contribution in [1.29, 1.82) is 0 Å². The number of rotatable bonds is 4. The van der Waals surface area contributed by atoms with Gasteiger partial charge < -0.3 is 14.5 Å². The van der Waals surface area contributed by atoms with Crippen LogP contribution in [0.15, 0.2) is 35.1 Å². The molecule has 2 aromatic heterocycles. The average molecular weight is 301 g/mol. The first-order chi connectivity index (χ1) is 10.7. The maximum atomic E-state index is 12.1. The number of carbonyl (C=O) groups excluding carboxylic acids is 1. The highest BCUT2D eigenvalue weighted by molar-refractivity contribution is 6.04.